The van der Waals surface area contributed by atoms with Crippen LogP contribution >= 0.6 is 0 Å². The molecule has 1 fully saturated rings. The van der Waals surface area contributed by atoms with Crippen LogP contribution in [0.15, 0.2) is 48.5 Å². The van der Waals surface area contributed by atoms with Gasteiger partial charge in [-0.25, -0.2) is 0 Å². The van der Waals surface area contributed by atoms with Gasteiger partial charge in [-0.15, -0.1) is 0 Å². The molecule has 0 aliphatic carbocycles. The number of rotatable bonds is 3. The summed E-state index contributed by atoms with van der Waals surface area (Å²) < 4.78 is 43.2. The van der Waals surface area contributed by atoms with Crippen LogP contribution in [0.3, 0.4) is 0 Å². The van der Waals surface area contributed by atoms with E-state index in [9.17, 15) is 13.2 Å². The molecule has 1 heterocycles. The fourth-order valence-corrected chi connectivity index (χ4v) is 3.10. The second-order valence-electron chi connectivity index (χ2n) is 6.17. The van der Waals surface area contributed by atoms with Gasteiger partial charge in [0.05, 0.1) is 5.56 Å². The molecule has 0 spiro atoms. The Morgan fingerprint density at radius 3 is 1.88 bits per heavy atom. The standard InChI is InChI=1S/C19H20F3NO/c20-19(21,22)17-7-5-14(6-8-17)13-1-3-15(4-2-13)18(23)16-9-11-24-12-10-16/h1-8,16,18H,9-12,23H2. The van der Waals surface area contributed by atoms with E-state index in [0.717, 1.165) is 54.9 Å². The van der Waals surface area contributed by atoms with Crippen molar-refractivity contribution in [1.29, 1.82) is 0 Å². The summed E-state index contributed by atoms with van der Waals surface area (Å²) in [6, 6.07) is 12.9. The Hall–Kier alpha value is -1.85. The van der Waals surface area contributed by atoms with E-state index in [0.29, 0.717) is 5.92 Å². The normalized spacial score (nSPS) is 17.7. The molecule has 1 aliphatic rings. The zero-order valence-corrected chi connectivity index (χ0v) is 13.2. The predicted octanol–water partition coefficient (Wildman–Crippen LogP) is 4.80. The Morgan fingerprint density at radius 2 is 1.38 bits per heavy atom. The van der Waals surface area contributed by atoms with Crippen LogP contribution in [0.25, 0.3) is 11.1 Å². The van der Waals surface area contributed by atoms with Crippen LogP contribution in [0.4, 0.5) is 13.2 Å². The Morgan fingerprint density at radius 1 is 0.875 bits per heavy atom. The van der Waals surface area contributed by atoms with E-state index in [4.69, 9.17) is 10.5 Å². The van der Waals surface area contributed by atoms with E-state index in [2.05, 4.69) is 0 Å². The van der Waals surface area contributed by atoms with Gasteiger partial charge < -0.3 is 10.5 Å². The Balaban J connectivity index is 1.74. The number of halogens is 3. The highest BCUT2D eigenvalue weighted by atomic mass is 19.4. The SMILES string of the molecule is NC(c1ccc(-c2ccc(C(F)(F)F)cc2)cc1)C1CCOCC1. The number of ether oxygens (including phenoxy) is 1. The lowest BCUT2D eigenvalue weighted by molar-refractivity contribution is -0.137. The summed E-state index contributed by atoms with van der Waals surface area (Å²) in [6.07, 6.45) is -2.39. The van der Waals surface area contributed by atoms with Gasteiger partial charge in [0.25, 0.3) is 0 Å². The number of hydrogen-bond acceptors (Lipinski definition) is 2. The summed E-state index contributed by atoms with van der Waals surface area (Å²) in [5.41, 5.74) is 8.40. The molecule has 1 atom stereocenters. The molecule has 1 aliphatic heterocycles. The average molecular weight is 335 g/mol. The summed E-state index contributed by atoms with van der Waals surface area (Å²) in [6.45, 7) is 1.50. The predicted molar refractivity (Wildman–Crippen MR) is 87.4 cm³/mol. The van der Waals surface area contributed by atoms with E-state index >= 15 is 0 Å². The number of benzene rings is 2. The molecule has 1 saturated heterocycles. The quantitative estimate of drug-likeness (QED) is 0.874. The molecule has 2 aromatic rings. The summed E-state index contributed by atoms with van der Waals surface area (Å²) in [7, 11) is 0. The molecular weight excluding hydrogens is 315 g/mol. The third-order valence-corrected chi connectivity index (χ3v) is 4.61. The first-order valence-electron chi connectivity index (χ1n) is 8.06. The van der Waals surface area contributed by atoms with Gasteiger partial charge in [0.2, 0.25) is 0 Å². The van der Waals surface area contributed by atoms with Crippen LogP contribution in [0, 0.1) is 5.92 Å². The van der Waals surface area contributed by atoms with Gasteiger partial charge in [-0.05, 0) is 47.6 Å². The minimum atomic E-state index is -4.31. The van der Waals surface area contributed by atoms with E-state index in [-0.39, 0.29) is 6.04 Å². The summed E-state index contributed by atoms with van der Waals surface area (Å²) in [5.74, 6) is 0.413. The molecule has 2 aromatic carbocycles. The van der Waals surface area contributed by atoms with Gasteiger partial charge in [0, 0.05) is 19.3 Å². The molecule has 128 valence electrons. The lowest BCUT2D eigenvalue weighted by Gasteiger charge is -2.28. The van der Waals surface area contributed by atoms with Crippen molar-refractivity contribution in [2.45, 2.75) is 25.1 Å². The minimum Gasteiger partial charge on any atom is -0.381 e. The third kappa shape index (κ3) is 3.79. The second kappa shape index (κ2) is 6.95. The molecule has 2 nitrogen and oxygen atoms in total. The molecule has 0 bridgehead atoms. The summed E-state index contributed by atoms with van der Waals surface area (Å²) >= 11 is 0. The monoisotopic (exact) mass is 335 g/mol. The maximum Gasteiger partial charge on any atom is 0.416 e. The molecule has 24 heavy (non-hydrogen) atoms. The fourth-order valence-electron chi connectivity index (χ4n) is 3.10. The van der Waals surface area contributed by atoms with E-state index in [1.165, 1.54) is 12.1 Å². The van der Waals surface area contributed by atoms with Gasteiger partial charge in [-0.2, -0.15) is 13.2 Å². The first kappa shape index (κ1) is 17.0. The van der Waals surface area contributed by atoms with E-state index < -0.39 is 11.7 Å². The van der Waals surface area contributed by atoms with Crippen LogP contribution in [0.1, 0.15) is 30.0 Å². The summed E-state index contributed by atoms with van der Waals surface area (Å²) in [4.78, 5) is 0. The summed E-state index contributed by atoms with van der Waals surface area (Å²) in [5, 5.41) is 0. The molecule has 0 aromatic heterocycles. The van der Waals surface area contributed by atoms with Gasteiger partial charge in [-0.1, -0.05) is 36.4 Å². The Labute approximate surface area is 139 Å². The first-order valence-corrected chi connectivity index (χ1v) is 8.06. The fraction of sp³-hybridized carbons (Fsp3) is 0.368. The van der Waals surface area contributed by atoms with Crippen LogP contribution < -0.4 is 5.73 Å². The highest BCUT2D eigenvalue weighted by molar-refractivity contribution is 5.64. The molecule has 0 saturated carbocycles. The van der Waals surface area contributed by atoms with Crippen LogP contribution in [-0.4, -0.2) is 13.2 Å². The topological polar surface area (TPSA) is 35.2 Å². The lowest BCUT2D eigenvalue weighted by atomic mass is 9.87. The molecule has 0 amide bonds. The van der Waals surface area contributed by atoms with Crippen molar-refractivity contribution < 1.29 is 17.9 Å². The van der Waals surface area contributed by atoms with Crippen LogP contribution in [-0.2, 0) is 10.9 Å². The largest absolute Gasteiger partial charge is 0.416 e. The van der Waals surface area contributed by atoms with Crippen molar-refractivity contribution >= 4 is 0 Å². The van der Waals surface area contributed by atoms with Crippen molar-refractivity contribution in [1.82, 2.24) is 0 Å². The highest BCUT2D eigenvalue weighted by Gasteiger charge is 2.30. The van der Waals surface area contributed by atoms with Crippen molar-refractivity contribution in [3.63, 3.8) is 0 Å². The van der Waals surface area contributed by atoms with Crippen molar-refractivity contribution in [2.75, 3.05) is 13.2 Å². The van der Waals surface area contributed by atoms with Crippen LogP contribution in [0.2, 0.25) is 0 Å². The second-order valence-corrected chi connectivity index (χ2v) is 6.17. The zero-order chi connectivity index (χ0) is 17.2. The maximum atomic E-state index is 12.6. The number of alkyl halides is 3. The number of nitrogens with two attached hydrogens (primary N) is 1. The first-order chi connectivity index (χ1) is 11.4. The smallest absolute Gasteiger partial charge is 0.381 e. The zero-order valence-electron chi connectivity index (χ0n) is 13.2. The van der Waals surface area contributed by atoms with E-state index in [1.807, 2.05) is 24.3 Å². The Bertz CT molecular complexity index is 659. The molecule has 1 unspecified atom stereocenters. The molecule has 5 heteroatoms. The average Bonchev–Trinajstić information content (AvgIpc) is 2.61. The highest BCUT2D eigenvalue weighted by Crippen LogP contribution is 2.32. The van der Waals surface area contributed by atoms with Gasteiger partial charge >= 0.3 is 6.18 Å². The van der Waals surface area contributed by atoms with Crippen LogP contribution in [0.5, 0.6) is 0 Å². The molecular formula is C19H20F3NO. The third-order valence-electron chi connectivity index (χ3n) is 4.61. The Kier molecular flexibility index (Phi) is 4.92. The van der Waals surface area contributed by atoms with Crippen molar-refractivity contribution in [3.8, 4) is 11.1 Å². The molecule has 2 N–H and O–H groups in total. The minimum absolute atomic E-state index is 0.0319. The van der Waals surface area contributed by atoms with Gasteiger partial charge in [0.15, 0.2) is 0 Å². The molecule has 3 rings (SSSR count). The van der Waals surface area contributed by atoms with Crippen molar-refractivity contribution in [2.24, 2.45) is 11.7 Å². The van der Waals surface area contributed by atoms with Gasteiger partial charge in [0.1, 0.15) is 0 Å². The molecule has 0 radical (unpaired) electrons. The van der Waals surface area contributed by atoms with Gasteiger partial charge in [-0.3, -0.25) is 0 Å². The van der Waals surface area contributed by atoms with Crippen molar-refractivity contribution in [3.05, 3.63) is 59.7 Å². The van der Waals surface area contributed by atoms with E-state index in [1.54, 1.807) is 0 Å². The number of hydrogen-bond donors (Lipinski definition) is 1. The lowest BCUT2D eigenvalue weighted by Crippen LogP contribution is -2.27. The maximum absolute atomic E-state index is 12.6.